The van der Waals surface area contributed by atoms with Gasteiger partial charge < -0.3 is 5.32 Å². The molecule has 0 aliphatic heterocycles. The molecule has 8 heteroatoms. The first-order valence-corrected chi connectivity index (χ1v) is 8.70. The topological polar surface area (TPSA) is 89.3 Å². The summed E-state index contributed by atoms with van der Waals surface area (Å²) in [7, 11) is -4.06. The lowest BCUT2D eigenvalue weighted by Crippen LogP contribution is -2.38. The molecule has 118 valence electrons. The molecule has 21 heavy (non-hydrogen) atoms. The second-order valence-electron chi connectivity index (χ2n) is 5.05. The minimum atomic E-state index is -4.06. The van der Waals surface area contributed by atoms with E-state index in [0.29, 0.717) is 0 Å². The van der Waals surface area contributed by atoms with Crippen molar-refractivity contribution in [1.29, 1.82) is 0 Å². The van der Waals surface area contributed by atoms with Gasteiger partial charge in [0.2, 0.25) is 10.0 Å². The highest BCUT2D eigenvalue weighted by molar-refractivity contribution is 7.89. The highest BCUT2D eigenvalue weighted by Gasteiger charge is 2.21. The van der Waals surface area contributed by atoms with Crippen molar-refractivity contribution < 1.29 is 13.2 Å². The molecule has 0 aliphatic carbocycles. The molecule has 1 aromatic carbocycles. The molecule has 0 aliphatic rings. The fourth-order valence-electron chi connectivity index (χ4n) is 1.89. The van der Waals surface area contributed by atoms with Gasteiger partial charge in [0.25, 0.3) is 5.91 Å². The predicted octanol–water partition coefficient (Wildman–Crippen LogP) is 2.81. The van der Waals surface area contributed by atoms with Crippen LogP contribution < -0.4 is 10.5 Å². The predicted molar refractivity (Wildman–Crippen MR) is 84.2 cm³/mol. The minimum absolute atomic E-state index is 0.0233. The van der Waals surface area contributed by atoms with E-state index in [9.17, 15) is 13.2 Å². The van der Waals surface area contributed by atoms with E-state index in [1.165, 1.54) is 6.07 Å². The maximum atomic E-state index is 12.2. The normalized spacial score (nSPS) is 13.3. The van der Waals surface area contributed by atoms with E-state index in [0.717, 1.165) is 12.5 Å². The van der Waals surface area contributed by atoms with E-state index in [-0.39, 0.29) is 32.5 Å². The molecule has 0 radical (unpaired) electrons. The maximum Gasteiger partial charge on any atom is 0.251 e. The monoisotopic (exact) mass is 352 g/mol. The summed E-state index contributed by atoms with van der Waals surface area (Å²) < 4.78 is 22.9. The third-order valence-electron chi connectivity index (χ3n) is 3.12. The van der Waals surface area contributed by atoms with E-state index >= 15 is 0 Å². The van der Waals surface area contributed by atoms with Crippen molar-refractivity contribution in [2.24, 2.45) is 11.1 Å². The van der Waals surface area contributed by atoms with Gasteiger partial charge in [0.15, 0.2) is 0 Å². The van der Waals surface area contributed by atoms with Gasteiger partial charge in [-0.3, -0.25) is 4.79 Å². The van der Waals surface area contributed by atoms with Crippen LogP contribution in [0.5, 0.6) is 0 Å². The van der Waals surface area contributed by atoms with Crippen molar-refractivity contribution in [2.45, 2.75) is 38.1 Å². The maximum absolute atomic E-state index is 12.2. The lowest BCUT2D eigenvalue weighted by atomic mass is 10.0. The fourth-order valence-corrected chi connectivity index (χ4v) is 3.25. The number of nitrogens with one attached hydrogen (secondary N) is 1. The highest BCUT2D eigenvalue weighted by atomic mass is 35.5. The number of carbonyl (C=O) groups is 1. The molecule has 0 saturated heterocycles. The van der Waals surface area contributed by atoms with Crippen LogP contribution in [0.2, 0.25) is 10.0 Å². The SMILES string of the molecule is CCC(NC(=O)c1cc(Cl)c(Cl)c(S(N)(=O)=O)c1)C(C)C. The van der Waals surface area contributed by atoms with Gasteiger partial charge in [-0.15, -0.1) is 0 Å². The Morgan fingerprint density at radius 1 is 1.33 bits per heavy atom. The van der Waals surface area contributed by atoms with Crippen LogP contribution in [0.25, 0.3) is 0 Å². The molecular formula is C13H18Cl2N2O3S. The molecule has 1 rings (SSSR count). The number of hydrogen-bond acceptors (Lipinski definition) is 3. The Labute approximate surface area is 134 Å². The summed E-state index contributed by atoms with van der Waals surface area (Å²) in [6.45, 7) is 5.92. The van der Waals surface area contributed by atoms with Gasteiger partial charge in [0, 0.05) is 11.6 Å². The summed E-state index contributed by atoms with van der Waals surface area (Å²) in [6, 6.07) is 2.43. The summed E-state index contributed by atoms with van der Waals surface area (Å²) in [4.78, 5) is 11.9. The molecule has 5 nitrogen and oxygen atoms in total. The van der Waals surface area contributed by atoms with Crippen LogP contribution in [0.15, 0.2) is 17.0 Å². The lowest BCUT2D eigenvalue weighted by molar-refractivity contribution is 0.0924. The largest absolute Gasteiger partial charge is 0.349 e. The van der Waals surface area contributed by atoms with Crippen LogP contribution in [0.4, 0.5) is 0 Å². The van der Waals surface area contributed by atoms with Crippen LogP contribution in [0.3, 0.4) is 0 Å². The second kappa shape index (κ2) is 6.96. The summed E-state index contributed by atoms with van der Waals surface area (Å²) in [5, 5.41) is 7.68. The molecular weight excluding hydrogens is 335 g/mol. The minimum Gasteiger partial charge on any atom is -0.349 e. The summed E-state index contributed by atoms with van der Waals surface area (Å²) in [6.07, 6.45) is 0.757. The Balaban J connectivity index is 3.20. The molecule has 1 unspecified atom stereocenters. The first-order valence-electron chi connectivity index (χ1n) is 6.40. The summed E-state index contributed by atoms with van der Waals surface area (Å²) in [5.41, 5.74) is 0.104. The summed E-state index contributed by atoms with van der Waals surface area (Å²) >= 11 is 11.7. The number of benzene rings is 1. The van der Waals surface area contributed by atoms with Crippen molar-refractivity contribution in [2.75, 3.05) is 0 Å². The molecule has 0 bridgehead atoms. The Kier molecular flexibility index (Phi) is 6.04. The summed E-state index contributed by atoms with van der Waals surface area (Å²) in [5.74, 6) is -0.168. The van der Waals surface area contributed by atoms with Crippen LogP contribution in [0.1, 0.15) is 37.6 Å². The van der Waals surface area contributed by atoms with E-state index in [2.05, 4.69) is 5.32 Å². The zero-order valence-electron chi connectivity index (χ0n) is 12.0. The molecule has 0 saturated carbocycles. The van der Waals surface area contributed by atoms with Crippen LogP contribution >= 0.6 is 23.2 Å². The molecule has 3 N–H and O–H groups in total. The molecule has 0 aromatic heterocycles. The molecule has 1 amide bonds. The van der Waals surface area contributed by atoms with Crippen molar-refractivity contribution in [3.05, 3.63) is 27.7 Å². The zero-order valence-corrected chi connectivity index (χ0v) is 14.3. The van der Waals surface area contributed by atoms with E-state index in [1.54, 1.807) is 0 Å². The van der Waals surface area contributed by atoms with Gasteiger partial charge in [0.1, 0.15) is 4.90 Å². The number of nitrogens with two attached hydrogens (primary N) is 1. The number of halogens is 2. The van der Waals surface area contributed by atoms with Gasteiger partial charge in [-0.1, -0.05) is 44.0 Å². The number of sulfonamides is 1. The number of carbonyl (C=O) groups excluding carboxylic acids is 1. The van der Waals surface area contributed by atoms with E-state index in [4.69, 9.17) is 28.3 Å². The number of hydrogen-bond donors (Lipinski definition) is 2. The van der Waals surface area contributed by atoms with Crippen LogP contribution in [0, 0.1) is 5.92 Å². The number of primary sulfonamides is 1. The smallest absolute Gasteiger partial charge is 0.251 e. The highest BCUT2D eigenvalue weighted by Crippen LogP contribution is 2.30. The van der Waals surface area contributed by atoms with Crippen molar-refractivity contribution in [1.82, 2.24) is 5.32 Å². The Bertz CT molecular complexity index is 645. The van der Waals surface area contributed by atoms with E-state index in [1.807, 2.05) is 20.8 Å². The van der Waals surface area contributed by atoms with Crippen molar-refractivity contribution in [3.8, 4) is 0 Å². The van der Waals surface area contributed by atoms with Gasteiger partial charge in [-0.25, -0.2) is 13.6 Å². The zero-order chi connectivity index (χ0) is 16.4. The average molecular weight is 353 g/mol. The van der Waals surface area contributed by atoms with E-state index < -0.39 is 15.9 Å². The standard InChI is InChI=1S/C13H18Cl2N2O3S/c1-4-10(7(2)3)17-13(18)8-5-9(14)12(15)11(6-8)21(16,19)20/h5-7,10H,4H2,1-3H3,(H,17,18)(H2,16,19,20). The van der Waals surface area contributed by atoms with Gasteiger partial charge >= 0.3 is 0 Å². The number of rotatable bonds is 5. The molecule has 0 heterocycles. The fraction of sp³-hybridized carbons (Fsp3) is 0.462. The van der Waals surface area contributed by atoms with Crippen LogP contribution in [-0.4, -0.2) is 20.4 Å². The third-order valence-corrected chi connectivity index (χ3v) is 4.97. The van der Waals surface area contributed by atoms with Crippen LogP contribution in [-0.2, 0) is 10.0 Å². The molecule has 1 aromatic rings. The molecule has 1 atom stereocenters. The Morgan fingerprint density at radius 2 is 1.90 bits per heavy atom. The van der Waals surface area contributed by atoms with Crippen molar-refractivity contribution in [3.63, 3.8) is 0 Å². The van der Waals surface area contributed by atoms with Gasteiger partial charge in [-0.05, 0) is 24.5 Å². The van der Waals surface area contributed by atoms with Crippen molar-refractivity contribution >= 4 is 39.1 Å². The van der Waals surface area contributed by atoms with Gasteiger partial charge in [-0.2, -0.15) is 0 Å². The lowest BCUT2D eigenvalue weighted by Gasteiger charge is -2.21. The Hall–Kier alpha value is -0.820. The Morgan fingerprint density at radius 3 is 2.33 bits per heavy atom. The van der Waals surface area contributed by atoms with Gasteiger partial charge in [0.05, 0.1) is 10.0 Å². The quantitative estimate of drug-likeness (QED) is 0.853. The first-order chi connectivity index (χ1) is 9.57. The average Bonchev–Trinajstić information content (AvgIpc) is 2.36. The molecule has 0 fully saturated rings. The molecule has 0 spiro atoms. The second-order valence-corrected chi connectivity index (χ2v) is 7.36. The third kappa shape index (κ3) is 4.57. The first kappa shape index (κ1) is 18.2. The number of amides is 1.